The van der Waals surface area contributed by atoms with Crippen molar-refractivity contribution in [2.75, 3.05) is 6.61 Å². The number of aliphatic hydroxyl groups is 5. The Morgan fingerprint density at radius 3 is 2.38 bits per heavy atom. The summed E-state index contributed by atoms with van der Waals surface area (Å²) in [7, 11) is 0. The van der Waals surface area contributed by atoms with Crippen molar-refractivity contribution >= 4 is 11.6 Å². The van der Waals surface area contributed by atoms with Crippen LogP contribution < -0.4 is 0 Å². The van der Waals surface area contributed by atoms with E-state index in [4.69, 9.17) is 9.78 Å². The van der Waals surface area contributed by atoms with E-state index in [-0.39, 0.29) is 12.0 Å². The molecule has 0 amide bonds. The number of fused-ring (bicyclic) bond motifs is 2. The van der Waals surface area contributed by atoms with Crippen molar-refractivity contribution in [1.29, 1.82) is 0 Å². The van der Waals surface area contributed by atoms with E-state index in [0.29, 0.717) is 0 Å². The molecular weight excluding hydrogens is 384 g/mol. The number of hydrogen-bond donors (Lipinski definition) is 5. The quantitative estimate of drug-likeness (QED) is 0.260. The molecule has 0 aromatic heterocycles. The Balaban J connectivity index is 2.03. The van der Waals surface area contributed by atoms with Gasteiger partial charge in [0.2, 0.25) is 5.78 Å². The van der Waals surface area contributed by atoms with Gasteiger partial charge in [0, 0.05) is 29.9 Å². The van der Waals surface area contributed by atoms with Crippen LogP contribution in [0.5, 0.6) is 0 Å². The largest absolute Gasteiger partial charge is 0.396 e. The highest BCUT2D eigenvalue weighted by atomic mass is 17.2. The van der Waals surface area contributed by atoms with Gasteiger partial charge in [0.1, 0.15) is 29.0 Å². The SMILES string of the molecule is CC1C(O)C(=O)C2C3C(OOC2(C)C)C(CO)CC2(O)C(=O)C(C)(O)C=C2C13O. The second kappa shape index (κ2) is 5.94. The number of Topliss-reactive ketones (excluding diaryl/α,β-unsaturated/α-hetero) is 2. The minimum Gasteiger partial charge on any atom is -0.396 e. The van der Waals surface area contributed by atoms with Crippen LogP contribution in [0.15, 0.2) is 11.6 Å². The van der Waals surface area contributed by atoms with Crippen LogP contribution in [-0.2, 0) is 19.4 Å². The molecule has 9 unspecified atom stereocenters. The van der Waals surface area contributed by atoms with Crippen LogP contribution in [0.2, 0.25) is 0 Å². The van der Waals surface area contributed by atoms with E-state index in [2.05, 4.69) is 0 Å². The number of carbonyl (C=O) groups excluding carboxylic acids is 2. The first-order chi connectivity index (χ1) is 13.2. The van der Waals surface area contributed by atoms with Gasteiger partial charge in [-0.05, 0) is 33.3 Å². The van der Waals surface area contributed by atoms with E-state index in [1.807, 2.05) is 0 Å². The molecule has 0 bridgehead atoms. The first-order valence-corrected chi connectivity index (χ1v) is 9.86. The third-order valence-electron chi connectivity index (χ3n) is 7.50. The van der Waals surface area contributed by atoms with Crippen LogP contribution in [0.1, 0.15) is 34.1 Å². The zero-order valence-electron chi connectivity index (χ0n) is 16.8. The first-order valence-electron chi connectivity index (χ1n) is 9.86. The monoisotopic (exact) mass is 412 g/mol. The fourth-order valence-corrected chi connectivity index (χ4v) is 6.03. The average molecular weight is 412 g/mol. The van der Waals surface area contributed by atoms with Crippen LogP contribution in [-0.4, -0.2) is 78.3 Å². The number of ketones is 2. The lowest BCUT2D eigenvalue weighted by molar-refractivity contribution is -0.444. The molecular formula is C20H28O9. The van der Waals surface area contributed by atoms with Crippen LogP contribution in [0, 0.1) is 23.7 Å². The van der Waals surface area contributed by atoms with Gasteiger partial charge in [0.15, 0.2) is 11.4 Å². The van der Waals surface area contributed by atoms with Crippen molar-refractivity contribution in [3.8, 4) is 0 Å². The summed E-state index contributed by atoms with van der Waals surface area (Å²) in [6, 6.07) is 0. The molecule has 0 aromatic rings. The molecule has 1 saturated heterocycles. The van der Waals surface area contributed by atoms with E-state index in [0.717, 1.165) is 6.08 Å². The fraction of sp³-hybridized carbons (Fsp3) is 0.800. The molecule has 0 radical (unpaired) electrons. The second-order valence-electron chi connectivity index (χ2n) is 9.75. The maximum atomic E-state index is 13.1. The smallest absolute Gasteiger partial charge is 0.203 e. The van der Waals surface area contributed by atoms with Crippen molar-refractivity contribution in [2.45, 2.75) is 68.7 Å². The Hall–Kier alpha value is -1.20. The summed E-state index contributed by atoms with van der Waals surface area (Å²) in [5, 5.41) is 54.7. The summed E-state index contributed by atoms with van der Waals surface area (Å²) in [6.07, 6.45) is -1.82. The lowest BCUT2D eigenvalue weighted by atomic mass is 9.53. The van der Waals surface area contributed by atoms with Crippen LogP contribution in [0.3, 0.4) is 0 Å². The second-order valence-corrected chi connectivity index (χ2v) is 9.75. The van der Waals surface area contributed by atoms with Crippen molar-refractivity contribution in [2.24, 2.45) is 23.7 Å². The van der Waals surface area contributed by atoms with Gasteiger partial charge >= 0.3 is 0 Å². The maximum Gasteiger partial charge on any atom is 0.203 e. The third-order valence-corrected chi connectivity index (χ3v) is 7.50. The van der Waals surface area contributed by atoms with E-state index >= 15 is 0 Å². The number of aliphatic hydroxyl groups excluding tert-OH is 2. The molecule has 5 N–H and O–H groups in total. The predicted octanol–water partition coefficient (Wildman–Crippen LogP) is -1.36. The van der Waals surface area contributed by atoms with Gasteiger partial charge in [-0.25, -0.2) is 9.78 Å². The standard InChI is InChI=1S/C20H28O9/c1-8-13(22)14(23)11-12-15(28-29-17(11,2)3)9(7-21)5-19(26)10(20(8,12)27)6-18(4,25)16(19)24/h6,8-9,11-13,15,21-22,25-27H,5,7H2,1-4H3. The van der Waals surface area contributed by atoms with Crippen molar-refractivity contribution in [1.82, 2.24) is 0 Å². The van der Waals surface area contributed by atoms with Gasteiger partial charge in [-0.3, -0.25) is 9.59 Å². The summed E-state index contributed by atoms with van der Waals surface area (Å²) in [4.78, 5) is 37.0. The summed E-state index contributed by atoms with van der Waals surface area (Å²) in [5.41, 5.74) is -7.76. The Morgan fingerprint density at radius 2 is 1.79 bits per heavy atom. The molecule has 1 aliphatic heterocycles. The highest BCUT2D eigenvalue weighted by Crippen LogP contribution is 2.60. The molecule has 9 heteroatoms. The first kappa shape index (κ1) is 21.0. The molecule has 9 atom stereocenters. The molecule has 0 aromatic carbocycles. The van der Waals surface area contributed by atoms with Gasteiger partial charge in [-0.2, -0.15) is 0 Å². The minimum absolute atomic E-state index is 0.156. The zero-order chi connectivity index (χ0) is 21.7. The average Bonchev–Trinajstić information content (AvgIpc) is 2.77. The highest BCUT2D eigenvalue weighted by Gasteiger charge is 2.74. The topological polar surface area (TPSA) is 154 Å². The van der Waals surface area contributed by atoms with Crippen LogP contribution >= 0.6 is 0 Å². The molecule has 3 fully saturated rings. The molecule has 0 spiro atoms. The van der Waals surface area contributed by atoms with E-state index in [1.54, 1.807) is 13.8 Å². The lowest BCUT2D eigenvalue weighted by Gasteiger charge is -2.58. The van der Waals surface area contributed by atoms with Gasteiger partial charge in [0.25, 0.3) is 0 Å². The number of rotatable bonds is 1. The maximum absolute atomic E-state index is 13.1. The van der Waals surface area contributed by atoms with Gasteiger partial charge in [-0.1, -0.05) is 6.92 Å². The highest BCUT2D eigenvalue weighted by molar-refractivity contribution is 6.03. The number of hydrogen-bond acceptors (Lipinski definition) is 9. The van der Waals surface area contributed by atoms with Crippen molar-refractivity contribution in [3.05, 3.63) is 11.6 Å². The van der Waals surface area contributed by atoms with Crippen molar-refractivity contribution < 1.29 is 44.9 Å². The summed E-state index contributed by atoms with van der Waals surface area (Å²) in [5.74, 6) is -5.49. The Morgan fingerprint density at radius 1 is 1.17 bits per heavy atom. The molecule has 2 saturated carbocycles. The molecule has 1 heterocycles. The fourth-order valence-electron chi connectivity index (χ4n) is 6.03. The normalized spacial score (nSPS) is 53.8. The molecule has 4 rings (SSSR count). The Bertz CT molecular complexity index is 802. The van der Waals surface area contributed by atoms with Crippen molar-refractivity contribution in [3.63, 3.8) is 0 Å². The van der Waals surface area contributed by atoms with E-state index in [9.17, 15) is 35.1 Å². The number of carbonyl (C=O) groups is 2. The van der Waals surface area contributed by atoms with E-state index in [1.165, 1.54) is 13.8 Å². The van der Waals surface area contributed by atoms with E-state index < -0.39 is 76.5 Å². The lowest BCUT2D eigenvalue weighted by Crippen LogP contribution is -2.71. The van der Waals surface area contributed by atoms with Gasteiger partial charge in [0.05, 0.1) is 5.92 Å². The molecule has 4 aliphatic rings. The Labute approximate surface area is 167 Å². The zero-order valence-corrected chi connectivity index (χ0v) is 16.8. The summed E-state index contributed by atoms with van der Waals surface area (Å²) >= 11 is 0. The van der Waals surface area contributed by atoms with Crippen LogP contribution in [0.4, 0.5) is 0 Å². The Kier molecular flexibility index (Phi) is 4.31. The molecule has 3 aliphatic carbocycles. The predicted molar refractivity (Wildman–Crippen MR) is 96.0 cm³/mol. The van der Waals surface area contributed by atoms with Crippen LogP contribution in [0.25, 0.3) is 0 Å². The van der Waals surface area contributed by atoms with Gasteiger partial charge < -0.3 is 25.5 Å². The molecule has 29 heavy (non-hydrogen) atoms. The molecule has 9 nitrogen and oxygen atoms in total. The van der Waals surface area contributed by atoms with Gasteiger partial charge in [-0.15, -0.1) is 0 Å². The molecule has 162 valence electrons. The third kappa shape index (κ3) is 2.40. The summed E-state index contributed by atoms with van der Waals surface area (Å²) in [6.45, 7) is 5.33. The minimum atomic E-state index is -2.28. The summed E-state index contributed by atoms with van der Waals surface area (Å²) < 4.78 is 0.